The molecule has 2 aromatic carbocycles. The van der Waals surface area contributed by atoms with Gasteiger partial charge in [-0.15, -0.1) is 0 Å². The maximum absolute atomic E-state index is 12.8. The fourth-order valence-corrected chi connectivity index (χ4v) is 4.87. The lowest BCUT2D eigenvalue weighted by atomic mass is 9.84. The van der Waals surface area contributed by atoms with Crippen molar-refractivity contribution in [2.75, 3.05) is 6.61 Å². The molecule has 35 heavy (non-hydrogen) atoms. The molecule has 0 aromatic heterocycles. The molecule has 2 amide bonds. The number of hydrogen-bond acceptors (Lipinski definition) is 4. The summed E-state index contributed by atoms with van der Waals surface area (Å²) in [5.74, 6) is -1.56. The number of hydrogen-bond donors (Lipinski definition) is 3. The van der Waals surface area contributed by atoms with E-state index in [1.807, 2.05) is 45.0 Å². The number of ether oxygens (including phenoxy) is 1. The second kappa shape index (κ2) is 9.36. The zero-order valence-electron chi connectivity index (χ0n) is 20.8. The molecule has 7 heteroatoms. The summed E-state index contributed by atoms with van der Waals surface area (Å²) in [5.41, 5.74) is 2.82. The van der Waals surface area contributed by atoms with E-state index in [4.69, 9.17) is 4.74 Å². The SMILES string of the molecule is CC(C)(C)C(CC(=O)NC(C)(C(=O)O)C1CC1)NC(=O)OCC1c2ccccc2-c2ccccc21. The Balaban J connectivity index is 1.40. The number of carboxylic acids is 1. The van der Waals surface area contributed by atoms with Crippen LogP contribution in [0.5, 0.6) is 0 Å². The van der Waals surface area contributed by atoms with Crippen molar-refractivity contribution in [2.45, 2.75) is 64.5 Å². The third-order valence-corrected chi connectivity index (χ3v) is 7.31. The minimum absolute atomic E-state index is 0.0384. The monoisotopic (exact) mass is 478 g/mol. The first-order chi connectivity index (χ1) is 16.5. The third-order valence-electron chi connectivity index (χ3n) is 7.31. The van der Waals surface area contributed by atoms with Gasteiger partial charge < -0.3 is 20.5 Å². The predicted octanol–water partition coefficient (Wildman–Crippen LogP) is 4.70. The van der Waals surface area contributed by atoms with Crippen molar-refractivity contribution in [3.8, 4) is 11.1 Å². The number of aliphatic carboxylic acids is 1. The molecule has 4 rings (SSSR count). The summed E-state index contributed by atoms with van der Waals surface area (Å²) in [6.45, 7) is 7.50. The van der Waals surface area contributed by atoms with Gasteiger partial charge in [-0.25, -0.2) is 9.59 Å². The predicted molar refractivity (Wildman–Crippen MR) is 133 cm³/mol. The third kappa shape index (κ3) is 5.19. The van der Waals surface area contributed by atoms with Crippen LogP contribution in [0, 0.1) is 11.3 Å². The largest absolute Gasteiger partial charge is 0.480 e. The molecule has 186 valence electrons. The molecule has 0 saturated heterocycles. The first-order valence-electron chi connectivity index (χ1n) is 12.2. The first-order valence-corrected chi connectivity index (χ1v) is 12.2. The summed E-state index contributed by atoms with van der Waals surface area (Å²) < 4.78 is 5.66. The molecular weight excluding hydrogens is 444 g/mol. The van der Waals surface area contributed by atoms with Gasteiger partial charge in [-0.2, -0.15) is 0 Å². The van der Waals surface area contributed by atoms with Crippen molar-refractivity contribution in [1.29, 1.82) is 0 Å². The van der Waals surface area contributed by atoms with E-state index in [0.717, 1.165) is 35.1 Å². The van der Waals surface area contributed by atoms with Crippen LogP contribution in [-0.2, 0) is 14.3 Å². The fraction of sp³-hybridized carbons (Fsp3) is 0.464. The van der Waals surface area contributed by atoms with Crippen molar-refractivity contribution in [1.82, 2.24) is 10.6 Å². The van der Waals surface area contributed by atoms with Crippen LogP contribution in [0.4, 0.5) is 4.79 Å². The van der Waals surface area contributed by atoms with E-state index in [2.05, 4.69) is 34.9 Å². The zero-order valence-corrected chi connectivity index (χ0v) is 20.8. The van der Waals surface area contributed by atoms with Gasteiger partial charge in [0.2, 0.25) is 5.91 Å². The lowest BCUT2D eigenvalue weighted by molar-refractivity contribution is -0.148. The fourth-order valence-electron chi connectivity index (χ4n) is 4.87. The van der Waals surface area contributed by atoms with Crippen molar-refractivity contribution in [2.24, 2.45) is 11.3 Å². The Kier molecular flexibility index (Phi) is 6.62. The van der Waals surface area contributed by atoms with Gasteiger partial charge in [0.25, 0.3) is 0 Å². The molecule has 7 nitrogen and oxygen atoms in total. The minimum Gasteiger partial charge on any atom is -0.480 e. The quantitative estimate of drug-likeness (QED) is 0.510. The van der Waals surface area contributed by atoms with Crippen molar-refractivity contribution >= 4 is 18.0 Å². The van der Waals surface area contributed by atoms with Gasteiger partial charge in [0.1, 0.15) is 12.1 Å². The minimum atomic E-state index is -1.29. The Morgan fingerprint density at radius 3 is 2.00 bits per heavy atom. The molecule has 1 fully saturated rings. The second-order valence-corrected chi connectivity index (χ2v) is 10.9. The van der Waals surface area contributed by atoms with Crippen LogP contribution >= 0.6 is 0 Å². The summed E-state index contributed by atoms with van der Waals surface area (Å²) in [5, 5.41) is 15.2. The molecule has 0 radical (unpaired) electrons. The van der Waals surface area contributed by atoms with Gasteiger partial charge in [-0.05, 0) is 53.4 Å². The van der Waals surface area contributed by atoms with Crippen LogP contribution in [0.3, 0.4) is 0 Å². The number of carboxylic acid groups (broad SMARTS) is 1. The number of benzene rings is 2. The van der Waals surface area contributed by atoms with Crippen molar-refractivity contribution < 1.29 is 24.2 Å². The highest BCUT2D eigenvalue weighted by Gasteiger charge is 2.49. The smallest absolute Gasteiger partial charge is 0.407 e. The van der Waals surface area contributed by atoms with Gasteiger partial charge >= 0.3 is 12.1 Å². The van der Waals surface area contributed by atoms with Gasteiger partial charge in [-0.1, -0.05) is 69.3 Å². The average molecular weight is 479 g/mol. The molecule has 0 heterocycles. The van der Waals surface area contributed by atoms with Crippen molar-refractivity contribution in [3.63, 3.8) is 0 Å². The Bertz CT molecular complexity index is 1090. The molecular formula is C28H34N2O5. The Hall–Kier alpha value is -3.35. The highest BCUT2D eigenvalue weighted by molar-refractivity contribution is 5.88. The van der Waals surface area contributed by atoms with Crippen LogP contribution < -0.4 is 10.6 Å². The molecule has 0 aliphatic heterocycles. The number of alkyl carbamates (subject to hydrolysis) is 1. The van der Waals surface area contributed by atoms with E-state index in [9.17, 15) is 19.5 Å². The highest BCUT2D eigenvalue weighted by atomic mass is 16.5. The lowest BCUT2D eigenvalue weighted by Crippen LogP contribution is -2.56. The second-order valence-electron chi connectivity index (χ2n) is 10.9. The summed E-state index contributed by atoms with van der Waals surface area (Å²) in [6, 6.07) is 15.7. The van der Waals surface area contributed by atoms with Crippen LogP contribution in [0.1, 0.15) is 64.0 Å². The Labute approximate surface area is 206 Å². The van der Waals surface area contributed by atoms with E-state index in [0.29, 0.717) is 0 Å². The number of fused-ring (bicyclic) bond motifs is 3. The van der Waals surface area contributed by atoms with E-state index < -0.39 is 35.0 Å². The van der Waals surface area contributed by atoms with Gasteiger partial charge in [0, 0.05) is 18.4 Å². The molecule has 2 aliphatic carbocycles. The maximum Gasteiger partial charge on any atom is 0.407 e. The van der Waals surface area contributed by atoms with E-state index in [1.165, 1.54) is 0 Å². The number of amides is 2. The van der Waals surface area contributed by atoms with Gasteiger partial charge in [0.15, 0.2) is 0 Å². The Morgan fingerprint density at radius 2 is 1.51 bits per heavy atom. The topological polar surface area (TPSA) is 105 Å². The van der Waals surface area contributed by atoms with Crippen LogP contribution in [0.25, 0.3) is 11.1 Å². The summed E-state index contributed by atoms with van der Waals surface area (Å²) >= 11 is 0. The summed E-state index contributed by atoms with van der Waals surface area (Å²) in [7, 11) is 0. The number of carbonyl (C=O) groups is 3. The normalized spacial score (nSPS) is 17.5. The molecule has 2 aromatic rings. The standard InChI is InChI=1S/C28H34N2O5/c1-27(2,3)23(15-24(31)30-28(4,25(32)33)17-13-14-17)29-26(34)35-16-22-20-11-7-5-9-18(20)19-10-6-8-12-21(19)22/h5-12,17,22-23H,13-16H2,1-4H3,(H,29,34)(H,30,31)(H,32,33). The molecule has 2 aliphatic rings. The average Bonchev–Trinajstić information content (AvgIpc) is 3.60. The summed E-state index contributed by atoms with van der Waals surface area (Å²) in [6.07, 6.45) is 0.930. The van der Waals surface area contributed by atoms with E-state index in [1.54, 1.807) is 6.92 Å². The lowest BCUT2D eigenvalue weighted by Gasteiger charge is -2.33. The van der Waals surface area contributed by atoms with E-state index in [-0.39, 0.29) is 24.9 Å². The van der Waals surface area contributed by atoms with Gasteiger partial charge in [0.05, 0.1) is 0 Å². The molecule has 2 unspecified atom stereocenters. The van der Waals surface area contributed by atoms with Crippen LogP contribution in [-0.4, -0.2) is 41.3 Å². The Morgan fingerprint density at radius 1 is 0.971 bits per heavy atom. The molecule has 3 N–H and O–H groups in total. The molecule has 2 atom stereocenters. The molecule has 1 saturated carbocycles. The maximum atomic E-state index is 12.8. The highest BCUT2D eigenvalue weighted by Crippen LogP contribution is 2.44. The van der Waals surface area contributed by atoms with Crippen LogP contribution in [0.2, 0.25) is 0 Å². The van der Waals surface area contributed by atoms with Crippen LogP contribution in [0.15, 0.2) is 48.5 Å². The number of rotatable bonds is 8. The van der Waals surface area contributed by atoms with Gasteiger partial charge in [-0.3, -0.25) is 4.79 Å². The van der Waals surface area contributed by atoms with Crippen molar-refractivity contribution in [3.05, 3.63) is 59.7 Å². The first kappa shape index (κ1) is 24.8. The number of nitrogens with one attached hydrogen (secondary N) is 2. The molecule has 0 bridgehead atoms. The number of carbonyl (C=O) groups excluding carboxylic acids is 2. The molecule has 0 spiro atoms. The van der Waals surface area contributed by atoms with E-state index >= 15 is 0 Å². The summed E-state index contributed by atoms with van der Waals surface area (Å²) in [4.78, 5) is 37.4. The zero-order chi connectivity index (χ0) is 25.4.